The molecular formula is C21H17N3O5. The summed E-state index contributed by atoms with van der Waals surface area (Å²) in [5.41, 5.74) is 1.29. The lowest BCUT2D eigenvalue weighted by Gasteiger charge is -2.22. The maximum atomic E-state index is 12.6. The van der Waals surface area contributed by atoms with Gasteiger partial charge in [0, 0.05) is 5.56 Å². The van der Waals surface area contributed by atoms with Crippen molar-refractivity contribution in [2.75, 3.05) is 0 Å². The minimum atomic E-state index is -1.10. The van der Waals surface area contributed by atoms with Gasteiger partial charge in [-0.05, 0) is 38.1 Å². The monoisotopic (exact) mass is 391 g/mol. The Hall–Kier alpha value is -3.81. The molecule has 2 aromatic carbocycles. The van der Waals surface area contributed by atoms with E-state index in [1.807, 2.05) is 30.3 Å². The van der Waals surface area contributed by atoms with Crippen LogP contribution in [-0.2, 0) is 9.53 Å². The summed E-state index contributed by atoms with van der Waals surface area (Å²) in [5.74, 6) is -1.37. The van der Waals surface area contributed by atoms with Crippen LogP contribution < -0.4 is 0 Å². The number of carbonyl (C=O) groups excluding carboxylic acids is 3. The second-order valence-electron chi connectivity index (χ2n) is 6.59. The molecule has 0 saturated carbocycles. The number of rotatable bonds is 5. The first-order chi connectivity index (χ1) is 14.0. The highest BCUT2D eigenvalue weighted by molar-refractivity contribution is 6.22. The molecule has 8 nitrogen and oxygen atoms in total. The van der Waals surface area contributed by atoms with Gasteiger partial charge in [0.2, 0.25) is 5.89 Å². The van der Waals surface area contributed by atoms with Crippen LogP contribution in [0.15, 0.2) is 59.0 Å². The number of amides is 2. The molecule has 0 spiro atoms. The molecular weight excluding hydrogens is 374 g/mol. The fraction of sp³-hybridized carbons (Fsp3) is 0.190. The van der Waals surface area contributed by atoms with E-state index in [2.05, 4.69) is 10.2 Å². The Labute approximate surface area is 166 Å². The van der Waals surface area contributed by atoms with E-state index in [-0.39, 0.29) is 17.0 Å². The Balaban J connectivity index is 1.46. The van der Waals surface area contributed by atoms with Gasteiger partial charge < -0.3 is 9.15 Å². The predicted octanol–water partition coefficient (Wildman–Crippen LogP) is 3.03. The summed E-state index contributed by atoms with van der Waals surface area (Å²) in [7, 11) is 0. The van der Waals surface area contributed by atoms with Crippen LogP contribution in [0.1, 0.15) is 46.6 Å². The van der Waals surface area contributed by atoms with Crippen LogP contribution in [-0.4, -0.2) is 38.9 Å². The van der Waals surface area contributed by atoms with Crippen molar-refractivity contribution in [3.05, 3.63) is 71.6 Å². The fourth-order valence-electron chi connectivity index (χ4n) is 3.08. The Morgan fingerprint density at radius 2 is 1.52 bits per heavy atom. The van der Waals surface area contributed by atoms with Gasteiger partial charge in [0.25, 0.3) is 17.7 Å². The van der Waals surface area contributed by atoms with Crippen molar-refractivity contribution in [1.82, 2.24) is 15.1 Å². The van der Waals surface area contributed by atoms with E-state index in [0.29, 0.717) is 5.89 Å². The van der Waals surface area contributed by atoms with Crippen LogP contribution in [0.4, 0.5) is 0 Å². The van der Waals surface area contributed by atoms with E-state index < -0.39 is 29.9 Å². The number of benzene rings is 2. The number of nitrogens with zero attached hydrogens (tertiary/aromatic N) is 3. The Morgan fingerprint density at radius 1 is 0.931 bits per heavy atom. The molecule has 2 amide bonds. The number of hydrogen-bond donors (Lipinski definition) is 0. The van der Waals surface area contributed by atoms with E-state index in [4.69, 9.17) is 9.15 Å². The van der Waals surface area contributed by atoms with Crippen LogP contribution in [0.2, 0.25) is 0 Å². The van der Waals surface area contributed by atoms with Gasteiger partial charge in [-0.2, -0.15) is 0 Å². The van der Waals surface area contributed by atoms with Crippen LogP contribution in [0.5, 0.6) is 0 Å². The quantitative estimate of drug-likeness (QED) is 0.486. The van der Waals surface area contributed by atoms with Gasteiger partial charge in [-0.25, -0.2) is 4.79 Å². The van der Waals surface area contributed by atoms with E-state index in [1.165, 1.54) is 6.92 Å². The summed E-state index contributed by atoms with van der Waals surface area (Å²) in [6, 6.07) is 14.5. The molecule has 0 N–H and O–H groups in total. The van der Waals surface area contributed by atoms with Crippen LogP contribution in [0.3, 0.4) is 0 Å². The molecule has 0 fully saturated rings. The molecule has 0 aliphatic carbocycles. The van der Waals surface area contributed by atoms with E-state index in [9.17, 15) is 14.4 Å². The van der Waals surface area contributed by atoms with Crippen LogP contribution >= 0.6 is 0 Å². The topological polar surface area (TPSA) is 103 Å². The van der Waals surface area contributed by atoms with E-state index in [1.54, 1.807) is 31.2 Å². The van der Waals surface area contributed by atoms with Gasteiger partial charge in [-0.15, -0.1) is 10.2 Å². The van der Waals surface area contributed by atoms with Crippen molar-refractivity contribution in [1.29, 1.82) is 0 Å². The summed E-state index contributed by atoms with van der Waals surface area (Å²) in [6.07, 6.45) is -0.843. The normalized spacial score (nSPS) is 15.2. The summed E-state index contributed by atoms with van der Waals surface area (Å²) < 4.78 is 11.0. The number of fused-ring (bicyclic) bond motifs is 1. The molecule has 8 heteroatoms. The molecule has 1 aliphatic rings. The zero-order chi connectivity index (χ0) is 20.5. The fourth-order valence-corrected chi connectivity index (χ4v) is 3.08. The molecule has 2 atom stereocenters. The maximum absolute atomic E-state index is 12.6. The van der Waals surface area contributed by atoms with Gasteiger partial charge in [0.1, 0.15) is 6.04 Å². The highest BCUT2D eigenvalue weighted by atomic mass is 16.6. The summed E-state index contributed by atoms with van der Waals surface area (Å²) in [4.78, 5) is 38.5. The molecule has 29 heavy (non-hydrogen) atoms. The minimum Gasteiger partial charge on any atom is -0.451 e. The number of aromatic nitrogens is 2. The molecule has 0 unspecified atom stereocenters. The molecule has 0 bridgehead atoms. The van der Waals surface area contributed by atoms with Gasteiger partial charge in [-0.1, -0.05) is 30.3 Å². The highest BCUT2D eigenvalue weighted by Crippen LogP contribution is 2.26. The molecule has 4 rings (SSSR count). The third-order valence-electron chi connectivity index (χ3n) is 4.66. The first-order valence-corrected chi connectivity index (χ1v) is 9.03. The molecule has 146 valence electrons. The van der Waals surface area contributed by atoms with E-state index >= 15 is 0 Å². The van der Waals surface area contributed by atoms with Crippen molar-refractivity contribution in [2.24, 2.45) is 0 Å². The van der Waals surface area contributed by atoms with Crippen molar-refractivity contribution < 1.29 is 23.5 Å². The molecule has 0 saturated heterocycles. The first-order valence-electron chi connectivity index (χ1n) is 9.03. The molecule has 1 aliphatic heterocycles. The minimum absolute atomic E-state index is 0.117. The average molecular weight is 391 g/mol. The van der Waals surface area contributed by atoms with Crippen molar-refractivity contribution in [2.45, 2.75) is 26.0 Å². The van der Waals surface area contributed by atoms with E-state index in [0.717, 1.165) is 10.5 Å². The van der Waals surface area contributed by atoms with Crippen molar-refractivity contribution in [3.8, 4) is 11.5 Å². The Bertz CT molecular complexity index is 1060. The lowest BCUT2D eigenvalue weighted by molar-refractivity contribution is -0.153. The van der Waals surface area contributed by atoms with Crippen molar-refractivity contribution >= 4 is 17.8 Å². The second kappa shape index (κ2) is 7.31. The summed E-state index contributed by atoms with van der Waals surface area (Å²) in [5, 5.41) is 7.89. The molecule has 1 aromatic heterocycles. The highest BCUT2D eigenvalue weighted by Gasteiger charge is 2.41. The number of ether oxygens (including phenoxy) is 1. The number of esters is 1. The Morgan fingerprint density at radius 3 is 2.14 bits per heavy atom. The third kappa shape index (κ3) is 3.29. The number of carbonyl (C=O) groups is 3. The van der Waals surface area contributed by atoms with Gasteiger partial charge >= 0.3 is 5.97 Å². The zero-order valence-corrected chi connectivity index (χ0v) is 15.7. The first kappa shape index (κ1) is 18.5. The largest absolute Gasteiger partial charge is 0.451 e. The summed E-state index contributed by atoms with van der Waals surface area (Å²) in [6.45, 7) is 3.02. The second-order valence-corrected chi connectivity index (χ2v) is 6.59. The summed E-state index contributed by atoms with van der Waals surface area (Å²) >= 11 is 0. The van der Waals surface area contributed by atoms with Gasteiger partial charge in [-0.3, -0.25) is 14.5 Å². The lowest BCUT2D eigenvalue weighted by atomic mass is 10.1. The number of imide groups is 1. The zero-order valence-electron chi connectivity index (χ0n) is 15.7. The van der Waals surface area contributed by atoms with Gasteiger partial charge in [0.15, 0.2) is 6.10 Å². The molecule has 3 aromatic rings. The predicted molar refractivity (Wildman–Crippen MR) is 101 cm³/mol. The van der Waals surface area contributed by atoms with Gasteiger partial charge in [0.05, 0.1) is 11.1 Å². The standard InChI is InChI=1S/C21H17N3O5/c1-12(24-19(25)15-10-6-7-11-16(15)20(24)26)21(27)28-13(2)17-22-23-18(29-17)14-8-4-3-5-9-14/h3-13H,1-2H3/t12-,13+/m0/s1. The average Bonchev–Trinajstić information content (AvgIpc) is 3.33. The van der Waals surface area contributed by atoms with Crippen LogP contribution in [0, 0.1) is 0 Å². The molecule has 2 heterocycles. The maximum Gasteiger partial charge on any atom is 0.329 e. The number of hydrogen-bond acceptors (Lipinski definition) is 7. The van der Waals surface area contributed by atoms with Crippen molar-refractivity contribution in [3.63, 3.8) is 0 Å². The lowest BCUT2D eigenvalue weighted by Crippen LogP contribution is -2.43. The smallest absolute Gasteiger partial charge is 0.329 e. The Kier molecular flexibility index (Phi) is 4.67. The third-order valence-corrected chi connectivity index (χ3v) is 4.66. The molecule has 0 radical (unpaired) electrons. The SMILES string of the molecule is C[C@@H](OC(=O)[C@H](C)N1C(=O)c2ccccc2C1=O)c1nnc(-c2ccccc2)o1. The van der Waals surface area contributed by atoms with Crippen LogP contribution in [0.25, 0.3) is 11.5 Å².